The molecule has 0 spiro atoms. The molecule has 5 nitrogen and oxygen atoms in total. The van der Waals surface area contributed by atoms with E-state index < -0.39 is 0 Å². The molecule has 0 bridgehead atoms. The summed E-state index contributed by atoms with van der Waals surface area (Å²) in [5.74, 6) is 0.479. The summed E-state index contributed by atoms with van der Waals surface area (Å²) in [7, 11) is 0. The van der Waals surface area contributed by atoms with Crippen molar-refractivity contribution in [2.45, 2.75) is 25.5 Å². The number of benzene rings is 1. The lowest BCUT2D eigenvalue weighted by molar-refractivity contribution is -0.113. The number of rotatable bonds is 6. The van der Waals surface area contributed by atoms with E-state index in [9.17, 15) is 9.18 Å². The fourth-order valence-electron chi connectivity index (χ4n) is 1.89. The van der Waals surface area contributed by atoms with Crippen LogP contribution in [0.1, 0.15) is 11.4 Å². The number of thioether (sulfide) groups is 1. The Morgan fingerprint density at radius 1 is 1.45 bits per heavy atom. The maximum Gasteiger partial charge on any atom is 0.234 e. The normalized spacial score (nSPS) is 10.5. The third-order valence-corrected chi connectivity index (χ3v) is 3.98. The van der Waals surface area contributed by atoms with Crippen LogP contribution in [-0.2, 0) is 11.3 Å². The summed E-state index contributed by atoms with van der Waals surface area (Å²) in [6.07, 6.45) is 1.75. The molecule has 22 heavy (non-hydrogen) atoms. The number of nitrogens with one attached hydrogen (secondary N) is 1. The SMILES string of the molecule is C=CCn1c(C)nnc1SCC(=O)Nc1ccc(F)cc1C. The van der Waals surface area contributed by atoms with Crippen molar-refractivity contribution in [3.63, 3.8) is 0 Å². The van der Waals surface area contributed by atoms with Gasteiger partial charge in [0, 0.05) is 12.2 Å². The molecule has 0 fully saturated rings. The fourth-order valence-corrected chi connectivity index (χ4v) is 2.68. The highest BCUT2D eigenvalue weighted by Gasteiger charge is 2.11. The van der Waals surface area contributed by atoms with E-state index in [0.29, 0.717) is 23.0 Å². The average molecular weight is 320 g/mol. The van der Waals surface area contributed by atoms with Crippen molar-refractivity contribution in [2.75, 3.05) is 11.1 Å². The molecule has 0 radical (unpaired) electrons. The van der Waals surface area contributed by atoms with Gasteiger partial charge in [-0.3, -0.25) is 4.79 Å². The van der Waals surface area contributed by atoms with Crippen molar-refractivity contribution < 1.29 is 9.18 Å². The Bertz CT molecular complexity index is 699. The number of nitrogens with zero attached hydrogens (tertiary/aromatic N) is 3. The van der Waals surface area contributed by atoms with Gasteiger partial charge in [-0.05, 0) is 37.6 Å². The zero-order chi connectivity index (χ0) is 16.1. The second-order valence-corrected chi connectivity index (χ2v) is 5.67. The predicted molar refractivity (Wildman–Crippen MR) is 85.4 cm³/mol. The molecule has 116 valence electrons. The highest BCUT2D eigenvalue weighted by atomic mass is 32.2. The van der Waals surface area contributed by atoms with Crippen LogP contribution in [-0.4, -0.2) is 26.4 Å². The molecule has 2 rings (SSSR count). The number of hydrogen-bond donors (Lipinski definition) is 1. The number of anilines is 1. The number of carbonyl (C=O) groups excluding carboxylic acids is 1. The van der Waals surface area contributed by atoms with Crippen molar-refractivity contribution in [2.24, 2.45) is 0 Å². The van der Waals surface area contributed by atoms with E-state index in [-0.39, 0.29) is 17.5 Å². The third kappa shape index (κ3) is 3.94. The summed E-state index contributed by atoms with van der Waals surface area (Å²) < 4.78 is 14.9. The van der Waals surface area contributed by atoms with E-state index in [1.807, 2.05) is 11.5 Å². The molecule has 0 aliphatic rings. The first-order chi connectivity index (χ1) is 10.5. The molecule has 0 atom stereocenters. The molecular formula is C15H17FN4OS. The van der Waals surface area contributed by atoms with E-state index in [0.717, 1.165) is 5.82 Å². The molecule has 0 saturated carbocycles. The Kier molecular flexibility index (Phi) is 5.32. The number of carbonyl (C=O) groups is 1. The van der Waals surface area contributed by atoms with Crippen LogP contribution in [0.25, 0.3) is 0 Å². The van der Waals surface area contributed by atoms with E-state index >= 15 is 0 Å². The lowest BCUT2D eigenvalue weighted by atomic mass is 10.2. The van der Waals surface area contributed by atoms with Crippen LogP contribution in [0.4, 0.5) is 10.1 Å². The molecular weight excluding hydrogens is 303 g/mol. The van der Waals surface area contributed by atoms with Crippen LogP contribution in [0.3, 0.4) is 0 Å². The Hall–Kier alpha value is -2.15. The lowest BCUT2D eigenvalue weighted by Crippen LogP contribution is -2.15. The monoisotopic (exact) mass is 320 g/mol. The number of hydrogen-bond acceptors (Lipinski definition) is 4. The largest absolute Gasteiger partial charge is 0.325 e. The second-order valence-electron chi connectivity index (χ2n) is 4.73. The van der Waals surface area contributed by atoms with Crippen LogP contribution in [0, 0.1) is 19.7 Å². The first-order valence-corrected chi connectivity index (χ1v) is 7.69. The molecule has 0 unspecified atom stereocenters. The highest BCUT2D eigenvalue weighted by molar-refractivity contribution is 7.99. The summed E-state index contributed by atoms with van der Waals surface area (Å²) in [6, 6.07) is 4.25. The summed E-state index contributed by atoms with van der Waals surface area (Å²) >= 11 is 1.30. The van der Waals surface area contributed by atoms with Crippen LogP contribution in [0.15, 0.2) is 36.0 Å². The summed E-state index contributed by atoms with van der Waals surface area (Å²) in [6.45, 7) is 7.88. The third-order valence-electron chi connectivity index (χ3n) is 3.01. The molecule has 1 aromatic heterocycles. The molecule has 7 heteroatoms. The van der Waals surface area contributed by atoms with Gasteiger partial charge in [-0.2, -0.15) is 0 Å². The van der Waals surface area contributed by atoms with Crippen molar-refractivity contribution in [1.82, 2.24) is 14.8 Å². The van der Waals surface area contributed by atoms with Crippen LogP contribution < -0.4 is 5.32 Å². The smallest absolute Gasteiger partial charge is 0.234 e. The molecule has 0 saturated heterocycles. The van der Waals surface area contributed by atoms with Crippen LogP contribution in [0.2, 0.25) is 0 Å². The summed E-state index contributed by atoms with van der Waals surface area (Å²) in [5.41, 5.74) is 1.29. The van der Waals surface area contributed by atoms with Gasteiger partial charge in [0.25, 0.3) is 0 Å². The number of halogens is 1. The Balaban J connectivity index is 1.97. The van der Waals surface area contributed by atoms with Gasteiger partial charge in [0.05, 0.1) is 5.75 Å². The minimum Gasteiger partial charge on any atom is -0.325 e. The van der Waals surface area contributed by atoms with E-state index in [1.54, 1.807) is 19.1 Å². The van der Waals surface area contributed by atoms with Gasteiger partial charge in [0.1, 0.15) is 11.6 Å². The maximum absolute atomic E-state index is 13.0. The summed E-state index contributed by atoms with van der Waals surface area (Å²) in [5, 5.41) is 11.5. The van der Waals surface area contributed by atoms with Gasteiger partial charge in [-0.15, -0.1) is 16.8 Å². The first-order valence-electron chi connectivity index (χ1n) is 6.70. The van der Waals surface area contributed by atoms with E-state index in [2.05, 4.69) is 22.1 Å². The summed E-state index contributed by atoms with van der Waals surface area (Å²) in [4.78, 5) is 12.0. The zero-order valence-electron chi connectivity index (χ0n) is 12.5. The fraction of sp³-hybridized carbons (Fsp3) is 0.267. The van der Waals surface area contributed by atoms with Gasteiger partial charge in [-0.25, -0.2) is 4.39 Å². The molecule has 1 N–H and O–H groups in total. The van der Waals surface area contributed by atoms with Gasteiger partial charge in [-0.1, -0.05) is 17.8 Å². The average Bonchev–Trinajstić information content (AvgIpc) is 2.81. The predicted octanol–water partition coefficient (Wildman–Crippen LogP) is 2.95. The van der Waals surface area contributed by atoms with Gasteiger partial charge in [0.15, 0.2) is 5.16 Å². The minimum atomic E-state index is -0.321. The first kappa shape index (κ1) is 16.2. The van der Waals surface area contributed by atoms with E-state index in [4.69, 9.17) is 0 Å². The maximum atomic E-state index is 13.0. The van der Waals surface area contributed by atoms with Crippen molar-refractivity contribution in [1.29, 1.82) is 0 Å². The molecule has 0 aliphatic carbocycles. The lowest BCUT2D eigenvalue weighted by Gasteiger charge is -2.08. The quantitative estimate of drug-likeness (QED) is 0.657. The Morgan fingerprint density at radius 3 is 2.91 bits per heavy atom. The number of aryl methyl sites for hydroxylation is 2. The molecule has 1 amide bonds. The highest BCUT2D eigenvalue weighted by Crippen LogP contribution is 2.19. The Morgan fingerprint density at radius 2 is 2.23 bits per heavy atom. The molecule has 1 aromatic carbocycles. The van der Waals surface area contributed by atoms with Crippen LogP contribution in [0.5, 0.6) is 0 Å². The topological polar surface area (TPSA) is 59.8 Å². The van der Waals surface area contributed by atoms with Crippen LogP contribution >= 0.6 is 11.8 Å². The van der Waals surface area contributed by atoms with Crippen molar-refractivity contribution in [3.05, 3.63) is 48.1 Å². The van der Waals surface area contributed by atoms with Crippen molar-refractivity contribution in [3.8, 4) is 0 Å². The number of aromatic nitrogens is 3. The Labute approximate surface area is 132 Å². The molecule has 2 aromatic rings. The van der Waals surface area contributed by atoms with Crippen molar-refractivity contribution >= 4 is 23.4 Å². The molecule has 1 heterocycles. The second kappa shape index (κ2) is 7.22. The molecule has 0 aliphatic heterocycles. The number of allylic oxidation sites excluding steroid dienone is 1. The van der Waals surface area contributed by atoms with E-state index in [1.165, 1.54) is 23.9 Å². The number of amides is 1. The minimum absolute atomic E-state index is 0.175. The van der Waals surface area contributed by atoms with Gasteiger partial charge >= 0.3 is 0 Å². The standard InChI is InChI=1S/C15H17FN4OS/c1-4-7-20-11(3)18-19-15(20)22-9-14(21)17-13-6-5-12(16)8-10(13)2/h4-6,8H,1,7,9H2,2-3H3,(H,17,21). The van der Waals surface area contributed by atoms with Gasteiger partial charge in [0.2, 0.25) is 5.91 Å². The zero-order valence-corrected chi connectivity index (χ0v) is 13.3. The van der Waals surface area contributed by atoms with Gasteiger partial charge < -0.3 is 9.88 Å².